The normalized spacial score (nSPS) is 11.7. The Kier molecular flexibility index (Phi) is 12.8. The van der Waals surface area contributed by atoms with Crippen LogP contribution in [-0.2, 0) is 14.3 Å². The highest BCUT2D eigenvalue weighted by atomic mass is 16.5. The van der Waals surface area contributed by atoms with E-state index in [9.17, 15) is 9.59 Å². The standard InChI is InChI=1S/C17H31NO3/c1-4-6-7-8-9-10-11-12-13-16(19)18-14-15(3)17(20)21-5-2/h4,15H,1,5-14H2,2-3H3,(H,18,19). The van der Waals surface area contributed by atoms with Gasteiger partial charge in [0, 0.05) is 13.0 Å². The van der Waals surface area contributed by atoms with Gasteiger partial charge in [0.2, 0.25) is 5.91 Å². The van der Waals surface area contributed by atoms with E-state index in [1.54, 1.807) is 13.8 Å². The summed E-state index contributed by atoms with van der Waals surface area (Å²) in [6.45, 7) is 7.99. The predicted octanol–water partition coefficient (Wildman–Crippen LogP) is 3.61. The number of allylic oxidation sites excluding steroid dienone is 1. The number of esters is 1. The molecule has 1 N–H and O–H groups in total. The summed E-state index contributed by atoms with van der Waals surface area (Å²) in [7, 11) is 0. The Morgan fingerprint density at radius 1 is 1.14 bits per heavy atom. The molecule has 0 aromatic carbocycles. The van der Waals surface area contributed by atoms with Crippen molar-refractivity contribution >= 4 is 11.9 Å². The van der Waals surface area contributed by atoms with Gasteiger partial charge in [-0.05, 0) is 26.2 Å². The number of hydrogen-bond acceptors (Lipinski definition) is 3. The highest BCUT2D eigenvalue weighted by Crippen LogP contribution is 2.08. The molecule has 1 atom stereocenters. The number of amides is 1. The van der Waals surface area contributed by atoms with Crippen LogP contribution in [0.25, 0.3) is 0 Å². The minimum absolute atomic E-state index is 0.0257. The van der Waals surface area contributed by atoms with Crippen molar-refractivity contribution in [1.29, 1.82) is 0 Å². The second-order valence-electron chi connectivity index (χ2n) is 5.41. The van der Waals surface area contributed by atoms with Crippen LogP contribution in [0.5, 0.6) is 0 Å². The molecule has 0 saturated heterocycles. The molecule has 0 rings (SSSR count). The Morgan fingerprint density at radius 3 is 2.38 bits per heavy atom. The third-order valence-corrected chi connectivity index (χ3v) is 3.36. The fourth-order valence-corrected chi connectivity index (χ4v) is 2.00. The lowest BCUT2D eigenvalue weighted by Gasteiger charge is -2.11. The number of rotatable bonds is 13. The smallest absolute Gasteiger partial charge is 0.310 e. The van der Waals surface area contributed by atoms with Gasteiger partial charge in [0.15, 0.2) is 0 Å². The van der Waals surface area contributed by atoms with Crippen LogP contribution < -0.4 is 5.32 Å². The molecule has 4 nitrogen and oxygen atoms in total. The third-order valence-electron chi connectivity index (χ3n) is 3.36. The van der Waals surface area contributed by atoms with Gasteiger partial charge in [0.05, 0.1) is 12.5 Å². The molecule has 4 heteroatoms. The summed E-state index contributed by atoms with van der Waals surface area (Å²) >= 11 is 0. The molecular formula is C17H31NO3. The van der Waals surface area contributed by atoms with E-state index < -0.39 is 0 Å². The van der Waals surface area contributed by atoms with E-state index in [2.05, 4.69) is 11.9 Å². The average molecular weight is 297 g/mol. The molecule has 21 heavy (non-hydrogen) atoms. The molecule has 0 aliphatic heterocycles. The number of ether oxygens (including phenoxy) is 1. The molecule has 0 fully saturated rings. The first-order valence-corrected chi connectivity index (χ1v) is 8.16. The van der Waals surface area contributed by atoms with E-state index >= 15 is 0 Å². The second-order valence-corrected chi connectivity index (χ2v) is 5.41. The quantitative estimate of drug-likeness (QED) is 0.321. The van der Waals surface area contributed by atoms with Gasteiger partial charge >= 0.3 is 5.97 Å². The number of carbonyl (C=O) groups excluding carboxylic acids is 2. The minimum Gasteiger partial charge on any atom is -0.466 e. The fraction of sp³-hybridized carbons (Fsp3) is 0.765. The van der Waals surface area contributed by atoms with Gasteiger partial charge in [0.1, 0.15) is 0 Å². The summed E-state index contributed by atoms with van der Waals surface area (Å²) in [5, 5.41) is 2.79. The molecule has 0 radical (unpaired) electrons. The SMILES string of the molecule is C=CCCCCCCCCC(=O)NCC(C)C(=O)OCC. The zero-order valence-electron chi connectivity index (χ0n) is 13.7. The van der Waals surface area contributed by atoms with Crippen LogP contribution in [-0.4, -0.2) is 25.0 Å². The van der Waals surface area contributed by atoms with Crippen molar-refractivity contribution < 1.29 is 14.3 Å². The zero-order chi connectivity index (χ0) is 15.9. The lowest BCUT2D eigenvalue weighted by Crippen LogP contribution is -2.32. The molecule has 122 valence electrons. The summed E-state index contributed by atoms with van der Waals surface area (Å²) in [5.41, 5.74) is 0. The summed E-state index contributed by atoms with van der Waals surface area (Å²) in [6, 6.07) is 0. The fourth-order valence-electron chi connectivity index (χ4n) is 2.00. The molecule has 0 bridgehead atoms. The maximum Gasteiger partial charge on any atom is 0.310 e. The molecule has 0 saturated carbocycles. The average Bonchev–Trinajstić information content (AvgIpc) is 2.47. The molecule has 0 aliphatic rings. The van der Waals surface area contributed by atoms with Crippen LogP contribution >= 0.6 is 0 Å². The molecular weight excluding hydrogens is 266 g/mol. The number of carbonyl (C=O) groups is 2. The predicted molar refractivity (Wildman–Crippen MR) is 85.9 cm³/mol. The third kappa shape index (κ3) is 12.2. The van der Waals surface area contributed by atoms with E-state index in [1.807, 2.05) is 6.08 Å². The lowest BCUT2D eigenvalue weighted by molar-refractivity contribution is -0.147. The Morgan fingerprint density at radius 2 is 1.76 bits per heavy atom. The van der Waals surface area contributed by atoms with Gasteiger partial charge in [-0.15, -0.1) is 6.58 Å². The van der Waals surface area contributed by atoms with E-state index in [1.165, 1.54) is 25.7 Å². The Bertz CT molecular complexity index is 302. The summed E-state index contributed by atoms with van der Waals surface area (Å²) in [4.78, 5) is 23.0. The zero-order valence-corrected chi connectivity index (χ0v) is 13.7. The second kappa shape index (κ2) is 13.7. The molecule has 1 amide bonds. The van der Waals surface area contributed by atoms with Crippen LogP contribution in [0.2, 0.25) is 0 Å². The van der Waals surface area contributed by atoms with Crippen LogP contribution in [0.1, 0.15) is 65.2 Å². The van der Waals surface area contributed by atoms with Gasteiger partial charge in [-0.1, -0.05) is 38.7 Å². The number of hydrogen-bond donors (Lipinski definition) is 1. The first-order valence-electron chi connectivity index (χ1n) is 8.16. The van der Waals surface area contributed by atoms with Gasteiger partial charge in [0.25, 0.3) is 0 Å². The van der Waals surface area contributed by atoms with Crippen molar-refractivity contribution in [3.63, 3.8) is 0 Å². The first kappa shape index (κ1) is 19.7. The maximum atomic E-state index is 11.6. The van der Waals surface area contributed by atoms with Crippen LogP contribution in [0.15, 0.2) is 12.7 Å². The molecule has 0 aliphatic carbocycles. The summed E-state index contributed by atoms with van der Waals surface area (Å²) in [5.74, 6) is -0.506. The summed E-state index contributed by atoms with van der Waals surface area (Å²) < 4.78 is 4.89. The largest absolute Gasteiger partial charge is 0.466 e. The maximum absolute atomic E-state index is 11.6. The molecule has 0 heterocycles. The van der Waals surface area contributed by atoms with Crippen molar-refractivity contribution in [2.75, 3.05) is 13.2 Å². The number of unbranched alkanes of at least 4 members (excludes halogenated alkanes) is 6. The number of nitrogens with one attached hydrogen (secondary N) is 1. The van der Waals surface area contributed by atoms with Crippen molar-refractivity contribution in [3.05, 3.63) is 12.7 Å². The molecule has 0 aromatic rings. The van der Waals surface area contributed by atoms with E-state index in [4.69, 9.17) is 4.74 Å². The van der Waals surface area contributed by atoms with Gasteiger partial charge in [-0.25, -0.2) is 0 Å². The van der Waals surface area contributed by atoms with Crippen molar-refractivity contribution in [3.8, 4) is 0 Å². The van der Waals surface area contributed by atoms with Crippen LogP contribution in [0, 0.1) is 5.92 Å². The van der Waals surface area contributed by atoms with Gasteiger partial charge in [-0.3, -0.25) is 9.59 Å². The monoisotopic (exact) mass is 297 g/mol. The van der Waals surface area contributed by atoms with Crippen LogP contribution in [0.3, 0.4) is 0 Å². The minimum atomic E-state index is -0.279. The lowest BCUT2D eigenvalue weighted by atomic mass is 10.1. The van der Waals surface area contributed by atoms with E-state index in [-0.39, 0.29) is 17.8 Å². The van der Waals surface area contributed by atoms with Crippen LogP contribution in [0.4, 0.5) is 0 Å². The molecule has 0 spiro atoms. The Hall–Kier alpha value is -1.32. The van der Waals surface area contributed by atoms with Gasteiger partial charge < -0.3 is 10.1 Å². The van der Waals surface area contributed by atoms with Crippen molar-refractivity contribution in [2.24, 2.45) is 5.92 Å². The topological polar surface area (TPSA) is 55.4 Å². The van der Waals surface area contributed by atoms with Gasteiger partial charge in [-0.2, -0.15) is 0 Å². The van der Waals surface area contributed by atoms with Crippen molar-refractivity contribution in [1.82, 2.24) is 5.32 Å². The highest BCUT2D eigenvalue weighted by Gasteiger charge is 2.14. The summed E-state index contributed by atoms with van der Waals surface area (Å²) in [6.07, 6.45) is 10.5. The van der Waals surface area contributed by atoms with E-state index in [0.29, 0.717) is 19.6 Å². The van der Waals surface area contributed by atoms with Crippen molar-refractivity contribution in [2.45, 2.75) is 65.2 Å². The molecule has 0 aromatic heterocycles. The molecule has 1 unspecified atom stereocenters. The Balaban J connectivity index is 3.46. The Labute approximate surface area is 129 Å². The highest BCUT2D eigenvalue weighted by molar-refractivity contribution is 5.77. The first-order chi connectivity index (χ1) is 10.1. The van der Waals surface area contributed by atoms with E-state index in [0.717, 1.165) is 19.3 Å².